The monoisotopic (exact) mass is 571 g/mol. The van der Waals surface area contributed by atoms with Gasteiger partial charge in [-0.05, 0) is 34.7 Å². The molecule has 1 fully saturated rings. The van der Waals surface area contributed by atoms with Gasteiger partial charge in [0.25, 0.3) is 0 Å². The lowest BCUT2D eigenvalue weighted by atomic mass is 9.98. The molecule has 1 heterocycles. The molecule has 0 aromatic heterocycles. The SMILES string of the molecule is C[C@H](OCc1ccccc1)[C@@H](NC(=O)OCC1c2ccccc2-c2ccccc21)C(=O)N1CC(=O)N(C)CC1C(=O)O. The molecule has 3 atom stereocenters. The Bertz CT molecular complexity index is 1430. The first-order chi connectivity index (χ1) is 20.2. The average Bonchev–Trinajstić information content (AvgIpc) is 3.32. The van der Waals surface area contributed by atoms with E-state index in [4.69, 9.17) is 9.47 Å². The minimum absolute atomic E-state index is 0.0325. The number of hydrogen-bond donors (Lipinski definition) is 2. The molecule has 1 aliphatic heterocycles. The summed E-state index contributed by atoms with van der Waals surface area (Å²) in [6, 6.07) is 22.6. The Morgan fingerprint density at radius 1 is 0.952 bits per heavy atom. The molecular weight excluding hydrogens is 538 g/mol. The first kappa shape index (κ1) is 28.8. The number of ether oxygens (including phenoxy) is 2. The largest absolute Gasteiger partial charge is 0.480 e. The van der Waals surface area contributed by atoms with E-state index in [1.54, 1.807) is 6.92 Å². The van der Waals surface area contributed by atoms with Crippen LogP contribution in [0.5, 0.6) is 0 Å². The predicted octanol–water partition coefficient (Wildman–Crippen LogP) is 3.25. The number of alkyl carbamates (subject to hydrolysis) is 1. The number of aliphatic carboxylic acids is 1. The molecule has 2 aliphatic rings. The van der Waals surface area contributed by atoms with Crippen LogP contribution in [0.25, 0.3) is 11.1 Å². The van der Waals surface area contributed by atoms with E-state index in [0.717, 1.165) is 32.7 Å². The fourth-order valence-corrected chi connectivity index (χ4v) is 5.50. The van der Waals surface area contributed by atoms with Crippen molar-refractivity contribution in [1.29, 1.82) is 0 Å². The molecule has 10 nitrogen and oxygen atoms in total. The maximum absolute atomic E-state index is 13.8. The smallest absolute Gasteiger partial charge is 0.407 e. The minimum atomic E-state index is -1.30. The van der Waals surface area contributed by atoms with Crippen molar-refractivity contribution < 1.29 is 33.8 Å². The van der Waals surface area contributed by atoms with Crippen molar-refractivity contribution in [3.8, 4) is 11.1 Å². The first-order valence-electron chi connectivity index (χ1n) is 13.8. The summed E-state index contributed by atoms with van der Waals surface area (Å²) in [5.74, 6) is -2.58. The molecule has 1 saturated heterocycles. The number of fused-ring (bicyclic) bond motifs is 3. The van der Waals surface area contributed by atoms with Gasteiger partial charge in [0.05, 0.1) is 19.3 Å². The quantitative estimate of drug-likeness (QED) is 0.404. The van der Waals surface area contributed by atoms with Gasteiger partial charge < -0.3 is 29.7 Å². The topological polar surface area (TPSA) is 125 Å². The van der Waals surface area contributed by atoms with Gasteiger partial charge in [-0.3, -0.25) is 9.59 Å². The third-order valence-corrected chi connectivity index (χ3v) is 7.83. The molecule has 10 heteroatoms. The van der Waals surface area contributed by atoms with E-state index in [9.17, 15) is 24.3 Å². The molecule has 0 radical (unpaired) electrons. The summed E-state index contributed by atoms with van der Waals surface area (Å²) in [5.41, 5.74) is 5.10. The second-order valence-corrected chi connectivity index (χ2v) is 10.5. The van der Waals surface area contributed by atoms with Gasteiger partial charge in [-0.1, -0.05) is 78.9 Å². The number of nitrogens with zero attached hydrogens (tertiary/aromatic N) is 2. The normalized spacial score (nSPS) is 17.7. The minimum Gasteiger partial charge on any atom is -0.480 e. The molecule has 3 aromatic rings. The molecule has 1 unspecified atom stereocenters. The van der Waals surface area contributed by atoms with Crippen LogP contribution in [0, 0.1) is 0 Å². The van der Waals surface area contributed by atoms with Crippen LogP contribution in [0.1, 0.15) is 29.5 Å². The van der Waals surface area contributed by atoms with Gasteiger partial charge >= 0.3 is 12.1 Å². The van der Waals surface area contributed by atoms with Gasteiger partial charge in [0.1, 0.15) is 25.2 Å². The van der Waals surface area contributed by atoms with E-state index >= 15 is 0 Å². The molecule has 5 rings (SSSR count). The Labute approximate surface area is 243 Å². The zero-order valence-corrected chi connectivity index (χ0v) is 23.4. The summed E-state index contributed by atoms with van der Waals surface area (Å²) in [5, 5.41) is 12.4. The van der Waals surface area contributed by atoms with Crippen LogP contribution in [0.15, 0.2) is 78.9 Å². The second-order valence-electron chi connectivity index (χ2n) is 10.5. The van der Waals surface area contributed by atoms with Gasteiger partial charge in [0, 0.05) is 13.0 Å². The predicted molar refractivity (Wildman–Crippen MR) is 153 cm³/mol. The highest BCUT2D eigenvalue weighted by atomic mass is 16.5. The van der Waals surface area contributed by atoms with Crippen LogP contribution in [0.2, 0.25) is 0 Å². The Kier molecular flexibility index (Phi) is 8.53. The van der Waals surface area contributed by atoms with E-state index in [-0.39, 0.29) is 25.7 Å². The molecule has 2 N–H and O–H groups in total. The number of likely N-dealkylation sites (N-methyl/N-ethyl adjacent to an activating group) is 1. The molecular formula is C32H33N3O7. The molecule has 0 saturated carbocycles. The van der Waals surface area contributed by atoms with Crippen molar-refractivity contribution in [2.75, 3.05) is 26.7 Å². The number of carbonyl (C=O) groups excluding carboxylic acids is 3. The lowest BCUT2D eigenvalue weighted by molar-refractivity contribution is -0.161. The number of rotatable bonds is 9. The van der Waals surface area contributed by atoms with E-state index in [1.165, 1.54) is 11.9 Å². The molecule has 0 spiro atoms. The lowest BCUT2D eigenvalue weighted by Gasteiger charge is -2.39. The number of carboxylic acids is 1. The highest BCUT2D eigenvalue weighted by Gasteiger charge is 2.42. The highest BCUT2D eigenvalue weighted by Crippen LogP contribution is 2.44. The summed E-state index contributed by atoms with van der Waals surface area (Å²) >= 11 is 0. The van der Waals surface area contributed by atoms with Crippen LogP contribution in [0.3, 0.4) is 0 Å². The van der Waals surface area contributed by atoms with Crippen molar-refractivity contribution in [2.45, 2.75) is 37.6 Å². The fourth-order valence-electron chi connectivity index (χ4n) is 5.50. The van der Waals surface area contributed by atoms with E-state index < -0.39 is 48.6 Å². The molecule has 0 bridgehead atoms. The van der Waals surface area contributed by atoms with Crippen LogP contribution in [-0.4, -0.2) is 83.7 Å². The Morgan fingerprint density at radius 3 is 2.17 bits per heavy atom. The van der Waals surface area contributed by atoms with Gasteiger partial charge in [0.2, 0.25) is 11.8 Å². The number of hydrogen-bond acceptors (Lipinski definition) is 6. The number of carboxylic acid groups (broad SMARTS) is 1. The van der Waals surface area contributed by atoms with Crippen molar-refractivity contribution in [3.63, 3.8) is 0 Å². The van der Waals surface area contributed by atoms with E-state index in [1.807, 2.05) is 78.9 Å². The van der Waals surface area contributed by atoms with Crippen molar-refractivity contribution in [1.82, 2.24) is 15.1 Å². The van der Waals surface area contributed by atoms with Crippen LogP contribution >= 0.6 is 0 Å². The van der Waals surface area contributed by atoms with E-state index in [0.29, 0.717) is 0 Å². The second kappa shape index (κ2) is 12.4. The van der Waals surface area contributed by atoms with Gasteiger partial charge in [-0.2, -0.15) is 0 Å². The summed E-state index contributed by atoms with van der Waals surface area (Å²) in [6.45, 7) is 1.20. The van der Waals surface area contributed by atoms with Crippen molar-refractivity contribution in [3.05, 3.63) is 95.6 Å². The third-order valence-electron chi connectivity index (χ3n) is 7.83. The molecule has 3 aromatic carbocycles. The fraction of sp³-hybridized carbons (Fsp3) is 0.312. The first-order valence-corrected chi connectivity index (χ1v) is 13.8. The third kappa shape index (κ3) is 5.99. The van der Waals surface area contributed by atoms with E-state index in [2.05, 4.69) is 5.32 Å². The molecule has 218 valence electrons. The maximum Gasteiger partial charge on any atom is 0.407 e. The summed E-state index contributed by atoms with van der Waals surface area (Å²) in [6.07, 6.45) is -1.72. The van der Waals surface area contributed by atoms with Crippen molar-refractivity contribution in [2.24, 2.45) is 0 Å². The standard InChI is InChI=1S/C32H33N3O7/c1-20(41-18-21-10-4-3-5-11-21)29(30(37)35-17-28(36)34(2)16-27(35)31(38)39)33-32(40)42-19-26-24-14-8-6-12-22(24)23-13-7-9-15-25(23)26/h3-15,20,26-27,29H,16-19H2,1-2H3,(H,33,40)(H,38,39)/t20-,27?,29+/m0/s1. The number of amides is 3. The van der Waals surface area contributed by atoms with Gasteiger partial charge in [0.15, 0.2) is 0 Å². The number of benzene rings is 3. The maximum atomic E-state index is 13.8. The highest BCUT2D eigenvalue weighted by molar-refractivity contribution is 5.94. The van der Waals surface area contributed by atoms with Crippen molar-refractivity contribution >= 4 is 23.9 Å². The summed E-state index contributed by atoms with van der Waals surface area (Å²) in [4.78, 5) is 53.7. The van der Waals surface area contributed by atoms with Gasteiger partial charge in [-0.25, -0.2) is 9.59 Å². The Morgan fingerprint density at radius 2 is 1.55 bits per heavy atom. The molecule has 42 heavy (non-hydrogen) atoms. The van der Waals surface area contributed by atoms with Crippen LogP contribution in [0.4, 0.5) is 4.79 Å². The number of nitrogens with one attached hydrogen (secondary N) is 1. The van der Waals surface area contributed by atoms with Gasteiger partial charge in [-0.15, -0.1) is 0 Å². The summed E-state index contributed by atoms with van der Waals surface area (Å²) < 4.78 is 11.6. The lowest BCUT2D eigenvalue weighted by Crippen LogP contribution is -2.64. The Hall–Kier alpha value is -4.70. The molecule has 3 amide bonds. The van der Waals surface area contributed by atoms with Crippen LogP contribution < -0.4 is 5.32 Å². The zero-order chi connectivity index (χ0) is 29.8. The Balaban J connectivity index is 1.33. The van der Waals surface area contributed by atoms with Crippen LogP contribution in [-0.2, 0) is 30.5 Å². The number of carbonyl (C=O) groups is 4. The molecule has 1 aliphatic carbocycles. The average molecular weight is 572 g/mol. The summed E-state index contributed by atoms with van der Waals surface area (Å²) in [7, 11) is 1.48. The zero-order valence-electron chi connectivity index (χ0n) is 23.4. The number of piperazine rings is 1.